The summed E-state index contributed by atoms with van der Waals surface area (Å²) in [5.41, 5.74) is 1.76. The van der Waals surface area contributed by atoms with Crippen LogP contribution < -0.4 is 5.32 Å². The first-order valence-corrected chi connectivity index (χ1v) is 6.31. The van der Waals surface area contributed by atoms with Crippen molar-refractivity contribution in [3.8, 4) is 0 Å². The Kier molecular flexibility index (Phi) is 3.59. The van der Waals surface area contributed by atoms with Crippen LogP contribution in [0.2, 0.25) is 0 Å². The number of aromatic nitrogens is 1. The van der Waals surface area contributed by atoms with Gasteiger partial charge in [0.25, 0.3) is 0 Å². The minimum absolute atomic E-state index is 0.614. The van der Waals surface area contributed by atoms with E-state index < -0.39 is 0 Å². The van der Waals surface area contributed by atoms with Gasteiger partial charge in [-0.1, -0.05) is 19.9 Å². The summed E-state index contributed by atoms with van der Waals surface area (Å²) in [5, 5.41) is 3.55. The van der Waals surface area contributed by atoms with E-state index in [-0.39, 0.29) is 0 Å². The fourth-order valence-electron chi connectivity index (χ4n) is 2.45. The van der Waals surface area contributed by atoms with E-state index in [9.17, 15) is 0 Å². The van der Waals surface area contributed by atoms with E-state index in [0.29, 0.717) is 5.41 Å². The molecule has 1 N–H and O–H groups in total. The van der Waals surface area contributed by atoms with Crippen LogP contribution in [0.25, 0.3) is 0 Å². The molecule has 0 atom stereocenters. The lowest BCUT2D eigenvalue weighted by molar-refractivity contribution is 0.366. The van der Waals surface area contributed by atoms with E-state index in [1.807, 2.05) is 18.3 Å². The first kappa shape index (κ1) is 11.6. The molecule has 1 heterocycles. The molecule has 1 saturated carbocycles. The van der Waals surface area contributed by atoms with Crippen molar-refractivity contribution in [1.29, 1.82) is 0 Å². The van der Waals surface area contributed by atoms with Gasteiger partial charge in [-0.3, -0.25) is 4.98 Å². The van der Waals surface area contributed by atoms with Crippen molar-refractivity contribution < 1.29 is 0 Å². The third-order valence-corrected chi connectivity index (χ3v) is 3.33. The third-order valence-electron chi connectivity index (χ3n) is 3.33. The van der Waals surface area contributed by atoms with Crippen LogP contribution in [0.4, 0.5) is 0 Å². The third kappa shape index (κ3) is 3.31. The van der Waals surface area contributed by atoms with Gasteiger partial charge in [0, 0.05) is 19.3 Å². The Hall–Kier alpha value is -0.890. The van der Waals surface area contributed by atoms with E-state index in [1.165, 1.54) is 19.3 Å². The number of rotatable bonds is 6. The molecule has 0 saturated heterocycles. The molecule has 88 valence electrons. The second-order valence-electron chi connectivity index (χ2n) is 5.52. The number of hydrogen-bond donors (Lipinski definition) is 1. The molecule has 1 aromatic rings. The van der Waals surface area contributed by atoms with Crippen LogP contribution in [0, 0.1) is 11.3 Å². The quantitative estimate of drug-likeness (QED) is 0.794. The molecule has 1 aliphatic rings. The van der Waals surface area contributed by atoms with Gasteiger partial charge in [0.15, 0.2) is 0 Å². The molecule has 0 radical (unpaired) electrons. The summed E-state index contributed by atoms with van der Waals surface area (Å²) in [5.74, 6) is 0.819. The molecule has 0 unspecified atom stereocenters. The van der Waals surface area contributed by atoms with E-state index in [1.54, 1.807) is 0 Å². The number of nitrogens with zero attached hydrogens (tertiary/aromatic N) is 1. The minimum atomic E-state index is 0.614. The van der Waals surface area contributed by atoms with Gasteiger partial charge < -0.3 is 5.32 Å². The van der Waals surface area contributed by atoms with Crippen molar-refractivity contribution in [3.05, 3.63) is 30.1 Å². The fraction of sp³-hybridized carbons (Fsp3) is 0.643. The zero-order chi connectivity index (χ0) is 11.4. The van der Waals surface area contributed by atoms with Crippen LogP contribution in [0.5, 0.6) is 0 Å². The van der Waals surface area contributed by atoms with E-state index >= 15 is 0 Å². The van der Waals surface area contributed by atoms with Crippen LogP contribution in [0.15, 0.2) is 24.4 Å². The lowest BCUT2D eigenvalue weighted by Gasteiger charge is -2.18. The van der Waals surface area contributed by atoms with Crippen molar-refractivity contribution in [2.24, 2.45) is 11.3 Å². The summed E-state index contributed by atoms with van der Waals surface area (Å²) in [6, 6.07) is 6.09. The first-order chi connectivity index (χ1) is 7.70. The highest BCUT2D eigenvalue weighted by Gasteiger charge is 2.41. The Bertz CT molecular complexity index is 315. The van der Waals surface area contributed by atoms with Gasteiger partial charge >= 0.3 is 0 Å². The van der Waals surface area contributed by atoms with Crippen LogP contribution in [-0.2, 0) is 6.54 Å². The van der Waals surface area contributed by atoms with Crippen LogP contribution >= 0.6 is 0 Å². The predicted molar refractivity (Wildman–Crippen MR) is 67.1 cm³/mol. The predicted octanol–water partition coefficient (Wildman–Crippen LogP) is 3.00. The van der Waals surface area contributed by atoms with Crippen LogP contribution in [0.3, 0.4) is 0 Å². The maximum atomic E-state index is 4.32. The Morgan fingerprint density at radius 3 is 2.75 bits per heavy atom. The summed E-state index contributed by atoms with van der Waals surface area (Å²) in [4.78, 5) is 4.32. The summed E-state index contributed by atoms with van der Waals surface area (Å²) in [7, 11) is 0. The van der Waals surface area contributed by atoms with Gasteiger partial charge in [0.1, 0.15) is 0 Å². The average molecular weight is 218 g/mol. The molecular weight excluding hydrogens is 196 g/mol. The Balaban J connectivity index is 1.72. The summed E-state index contributed by atoms with van der Waals surface area (Å²) < 4.78 is 0. The van der Waals surface area contributed by atoms with Gasteiger partial charge in [0.2, 0.25) is 0 Å². The molecule has 0 amide bonds. The molecule has 0 bridgehead atoms. The van der Waals surface area contributed by atoms with Gasteiger partial charge in [-0.25, -0.2) is 0 Å². The molecule has 1 aliphatic carbocycles. The Morgan fingerprint density at radius 2 is 2.19 bits per heavy atom. The zero-order valence-corrected chi connectivity index (χ0v) is 10.4. The van der Waals surface area contributed by atoms with Crippen molar-refractivity contribution in [1.82, 2.24) is 10.3 Å². The van der Waals surface area contributed by atoms with Gasteiger partial charge in [-0.05, 0) is 42.7 Å². The van der Waals surface area contributed by atoms with Crippen molar-refractivity contribution >= 4 is 0 Å². The molecule has 2 heteroatoms. The van der Waals surface area contributed by atoms with Gasteiger partial charge in [0.05, 0.1) is 5.69 Å². The number of pyridine rings is 1. The van der Waals surface area contributed by atoms with Crippen LogP contribution in [0.1, 0.15) is 38.8 Å². The Morgan fingerprint density at radius 1 is 1.38 bits per heavy atom. The highest BCUT2D eigenvalue weighted by molar-refractivity contribution is 5.03. The van der Waals surface area contributed by atoms with Crippen molar-refractivity contribution in [2.45, 2.75) is 39.7 Å². The SMILES string of the molecule is CC(C)CC1(CNCc2ccccn2)CC1. The van der Waals surface area contributed by atoms with E-state index in [4.69, 9.17) is 0 Å². The topological polar surface area (TPSA) is 24.9 Å². The van der Waals surface area contributed by atoms with E-state index in [0.717, 1.165) is 24.7 Å². The molecule has 0 spiro atoms. The fourth-order valence-corrected chi connectivity index (χ4v) is 2.45. The highest BCUT2D eigenvalue weighted by atomic mass is 14.9. The number of nitrogens with one attached hydrogen (secondary N) is 1. The number of hydrogen-bond acceptors (Lipinski definition) is 2. The lowest BCUT2D eigenvalue weighted by Crippen LogP contribution is -2.25. The molecular formula is C14H22N2. The maximum Gasteiger partial charge on any atom is 0.0541 e. The second-order valence-corrected chi connectivity index (χ2v) is 5.52. The largest absolute Gasteiger partial charge is 0.311 e. The molecule has 2 rings (SSSR count). The monoisotopic (exact) mass is 218 g/mol. The molecule has 0 aromatic carbocycles. The maximum absolute atomic E-state index is 4.32. The molecule has 1 aromatic heterocycles. The van der Waals surface area contributed by atoms with Crippen molar-refractivity contribution in [3.63, 3.8) is 0 Å². The molecule has 2 nitrogen and oxygen atoms in total. The second kappa shape index (κ2) is 4.96. The zero-order valence-electron chi connectivity index (χ0n) is 10.4. The summed E-state index contributed by atoms with van der Waals surface area (Å²) in [6.07, 6.45) is 6.03. The molecule has 1 fully saturated rings. The van der Waals surface area contributed by atoms with Gasteiger partial charge in [-0.15, -0.1) is 0 Å². The molecule has 0 aliphatic heterocycles. The highest BCUT2D eigenvalue weighted by Crippen LogP contribution is 2.49. The van der Waals surface area contributed by atoms with Crippen molar-refractivity contribution in [2.75, 3.05) is 6.54 Å². The minimum Gasteiger partial charge on any atom is -0.311 e. The normalized spacial score (nSPS) is 17.7. The first-order valence-electron chi connectivity index (χ1n) is 6.31. The Labute approximate surface area is 98.5 Å². The van der Waals surface area contributed by atoms with Crippen LogP contribution in [-0.4, -0.2) is 11.5 Å². The van der Waals surface area contributed by atoms with E-state index in [2.05, 4.69) is 30.2 Å². The summed E-state index contributed by atoms with van der Waals surface area (Å²) >= 11 is 0. The lowest BCUT2D eigenvalue weighted by atomic mass is 9.94. The van der Waals surface area contributed by atoms with Gasteiger partial charge in [-0.2, -0.15) is 0 Å². The average Bonchev–Trinajstić information content (AvgIpc) is 2.99. The molecule has 16 heavy (non-hydrogen) atoms. The summed E-state index contributed by atoms with van der Waals surface area (Å²) in [6.45, 7) is 6.69. The smallest absolute Gasteiger partial charge is 0.0541 e. The standard InChI is InChI=1S/C14H22N2/c1-12(2)9-14(6-7-14)11-15-10-13-5-3-4-8-16-13/h3-5,8,12,15H,6-7,9-11H2,1-2H3.